The van der Waals surface area contributed by atoms with Gasteiger partial charge in [-0.1, -0.05) is 23.2 Å². The molecule has 1 atom stereocenters. The lowest BCUT2D eigenvalue weighted by atomic mass is 10.2. The summed E-state index contributed by atoms with van der Waals surface area (Å²) >= 11 is 12.1. The largest absolute Gasteiger partial charge is 0.378 e. The molecule has 116 valence electrons. The summed E-state index contributed by atoms with van der Waals surface area (Å²) in [4.78, 5) is 18.5. The molecule has 2 heterocycles. The van der Waals surface area contributed by atoms with Crippen LogP contribution in [-0.2, 0) is 16.1 Å². The first-order chi connectivity index (χ1) is 9.97. The number of carbonyl (C=O) groups is 1. The van der Waals surface area contributed by atoms with Crippen LogP contribution in [0, 0.1) is 0 Å². The Balaban J connectivity index is 2.11. The number of amides is 1. The Kier molecular flexibility index (Phi) is 5.81. The smallest absolute Gasteiger partial charge is 0.239 e. The maximum atomic E-state index is 12.2. The van der Waals surface area contributed by atoms with E-state index in [1.165, 1.54) is 0 Å². The lowest BCUT2D eigenvalue weighted by molar-refractivity contribution is -0.133. The van der Waals surface area contributed by atoms with Crippen molar-refractivity contribution in [2.75, 3.05) is 19.8 Å². The fraction of sp³-hybridized carbons (Fsp3) is 0.571. The molecule has 0 bridgehead atoms. The van der Waals surface area contributed by atoms with Gasteiger partial charge in [0.15, 0.2) is 0 Å². The first-order valence-corrected chi connectivity index (χ1v) is 7.66. The molecule has 7 heteroatoms. The maximum Gasteiger partial charge on any atom is 0.239 e. The number of hydrogen-bond acceptors (Lipinski definition) is 4. The van der Waals surface area contributed by atoms with Crippen LogP contribution in [0.4, 0.5) is 0 Å². The number of halogens is 2. The summed E-state index contributed by atoms with van der Waals surface area (Å²) in [6.45, 7) is 5.95. The van der Waals surface area contributed by atoms with Gasteiger partial charge >= 0.3 is 0 Å². The van der Waals surface area contributed by atoms with E-state index >= 15 is 0 Å². The van der Waals surface area contributed by atoms with Crippen LogP contribution in [0.5, 0.6) is 0 Å². The Morgan fingerprint density at radius 2 is 2.29 bits per heavy atom. The zero-order chi connectivity index (χ0) is 15.4. The summed E-state index contributed by atoms with van der Waals surface area (Å²) in [5, 5.41) is 3.86. The normalized spacial score (nSPS) is 19.8. The summed E-state index contributed by atoms with van der Waals surface area (Å²) in [7, 11) is 0. The van der Waals surface area contributed by atoms with Crippen LogP contribution in [-0.4, -0.2) is 47.6 Å². The van der Waals surface area contributed by atoms with E-state index in [9.17, 15) is 4.79 Å². The van der Waals surface area contributed by atoms with E-state index in [1.54, 1.807) is 12.1 Å². The molecule has 1 aliphatic rings. The molecular weight excluding hydrogens is 313 g/mol. The van der Waals surface area contributed by atoms with Crippen molar-refractivity contribution in [1.82, 2.24) is 15.2 Å². The van der Waals surface area contributed by atoms with E-state index < -0.39 is 0 Å². The van der Waals surface area contributed by atoms with Gasteiger partial charge in [0.05, 0.1) is 23.9 Å². The first-order valence-electron chi connectivity index (χ1n) is 6.90. The molecule has 1 amide bonds. The molecule has 0 aromatic carbocycles. The van der Waals surface area contributed by atoms with Crippen molar-refractivity contribution >= 4 is 29.1 Å². The molecular formula is C14H19Cl2N3O2. The molecule has 0 aliphatic carbocycles. The number of nitrogens with one attached hydrogen (secondary N) is 1. The highest BCUT2D eigenvalue weighted by molar-refractivity contribution is 6.32. The second kappa shape index (κ2) is 7.40. The molecule has 1 unspecified atom stereocenters. The number of ether oxygens (including phenoxy) is 1. The number of carbonyl (C=O) groups excluding carboxylic acids is 1. The standard InChI is InChI=1S/C14H19Cl2N3O2/c1-9(2)17-14(20)12-8-21-6-5-19(12)7-11-10(15)3-4-13(16)18-11/h3-4,9,12H,5-8H2,1-2H3,(H,17,20). The molecule has 21 heavy (non-hydrogen) atoms. The number of hydrogen-bond donors (Lipinski definition) is 1. The molecule has 1 aliphatic heterocycles. The van der Waals surface area contributed by atoms with E-state index in [1.807, 2.05) is 18.7 Å². The van der Waals surface area contributed by atoms with Crippen LogP contribution in [0.25, 0.3) is 0 Å². The zero-order valence-electron chi connectivity index (χ0n) is 12.1. The average molecular weight is 332 g/mol. The van der Waals surface area contributed by atoms with E-state index in [-0.39, 0.29) is 18.0 Å². The molecule has 2 rings (SSSR count). The van der Waals surface area contributed by atoms with Crippen LogP contribution in [0.1, 0.15) is 19.5 Å². The molecule has 0 radical (unpaired) electrons. The summed E-state index contributed by atoms with van der Waals surface area (Å²) < 4.78 is 5.42. The van der Waals surface area contributed by atoms with E-state index in [4.69, 9.17) is 27.9 Å². The third-order valence-electron chi connectivity index (χ3n) is 3.21. The predicted molar refractivity (Wildman–Crippen MR) is 82.6 cm³/mol. The topological polar surface area (TPSA) is 54.5 Å². The zero-order valence-corrected chi connectivity index (χ0v) is 13.6. The van der Waals surface area contributed by atoms with Crippen molar-refractivity contribution in [3.63, 3.8) is 0 Å². The average Bonchev–Trinajstić information content (AvgIpc) is 2.42. The number of nitrogens with zero attached hydrogens (tertiary/aromatic N) is 2. The Bertz CT molecular complexity index is 511. The van der Waals surface area contributed by atoms with Gasteiger partial charge in [0.1, 0.15) is 11.2 Å². The SMILES string of the molecule is CC(C)NC(=O)C1COCCN1Cc1nc(Cl)ccc1Cl. The van der Waals surface area contributed by atoms with Gasteiger partial charge in [0, 0.05) is 19.1 Å². The van der Waals surface area contributed by atoms with E-state index in [0.717, 1.165) is 0 Å². The summed E-state index contributed by atoms with van der Waals surface area (Å²) in [6.07, 6.45) is 0. The predicted octanol–water partition coefficient (Wildman–Crippen LogP) is 2.11. The van der Waals surface area contributed by atoms with Crippen LogP contribution < -0.4 is 5.32 Å². The molecule has 5 nitrogen and oxygen atoms in total. The molecule has 1 fully saturated rings. The highest BCUT2D eigenvalue weighted by atomic mass is 35.5. The third-order valence-corrected chi connectivity index (χ3v) is 3.77. The second-order valence-electron chi connectivity index (χ2n) is 5.29. The van der Waals surface area contributed by atoms with Gasteiger partial charge < -0.3 is 10.1 Å². The number of aromatic nitrogens is 1. The minimum Gasteiger partial charge on any atom is -0.378 e. The molecule has 0 spiro atoms. The fourth-order valence-corrected chi connectivity index (χ4v) is 2.54. The third kappa shape index (κ3) is 4.54. The van der Waals surface area contributed by atoms with Crippen LogP contribution in [0.15, 0.2) is 12.1 Å². The van der Waals surface area contributed by atoms with E-state index in [2.05, 4.69) is 10.3 Å². The Morgan fingerprint density at radius 1 is 1.52 bits per heavy atom. The van der Waals surface area contributed by atoms with Gasteiger partial charge in [0.25, 0.3) is 0 Å². The molecule has 1 aromatic rings. The monoisotopic (exact) mass is 331 g/mol. The molecule has 1 N–H and O–H groups in total. The minimum absolute atomic E-state index is 0.0390. The Morgan fingerprint density at radius 3 is 3.00 bits per heavy atom. The van der Waals surface area contributed by atoms with Crippen molar-refractivity contribution < 1.29 is 9.53 Å². The lowest BCUT2D eigenvalue weighted by Crippen LogP contribution is -2.54. The summed E-state index contributed by atoms with van der Waals surface area (Å²) in [6, 6.07) is 3.12. The van der Waals surface area contributed by atoms with Crippen LogP contribution >= 0.6 is 23.2 Å². The van der Waals surface area contributed by atoms with Gasteiger partial charge in [-0.05, 0) is 26.0 Å². The molecule has 1 aromatic heterocycles. The quantitative estimate of drug-likeness (QED) is 0.858. The number of pyridine rings is 1. The maximum absolute atomic E-state index is 12.2. The Labute approximate surface area is 134 Å². The second-order valence-corrected chi connectivity index (χ2v) is 6.08. The van der Waals surface area contributed by atoms with Crippen molar-refractivity contribution in [1.29, 1.82) is 0 Å². The van der Waals surface area contributed by atoms with Crippen molar-refractivity contribution in [2.45, 2.75) is 32.5 Å². The van der Waals surface area contributed by atoms with Crippen molar-refractivity contribution in [3.05, 3.63) is 28.0 Å². The molecule has 1 saturated heterocycles. The van der Waals surface area contributed by atoms with Crippen LogP contribution in [0.2, 0.25) is 10.2 Å². The first kappa shape index (κ1) is 16.5. The lowest BCUT2D eigenvalue weighted by Gasteiger charge is -2.34. The highest BCUT2D eigenvalue weighted by Gasteiger charge is 2.30. The fourth-order valence-electron chi connectivity index (χ4n) is 2.21. The molecule has 0 saturated carbocycles. The summed E-state index contributed by atoms with van der Waals surface area (Å²) in [5.41, 5.74) is 0.674. The summed E-state index contributed by atoms with van der Waals surface area (Å²) in [5.74, 6) is -0.0390. The van der Waals surface area contributed by atoms with Crippen molar-refractivity contribution in [2.24, 2.45) is 0 Å². The van der Waals surface area contributed by atoms with Crippen LogP contribution in [0.3, 0.4) is 0 Å². The van der Waals surface area contributed by atoms with Gasteiger partial charge in [-0.2, -0.15) is 0 Å². The van der Waals surface area contributed by atoms with Gasteiger partial charge in [-0.15, -0.1) is 0 Å². The van der Waals surface area contributed by atoms with Gasteiger partial charge in [-0.3, -0.25) is 9.69 Å². The number of rotatable bonds is 4. The highest BCUT2D eigenvalue weighted by Crippen LogP contribution is 2.20. The minimum atomic E-state index is -0.335. The van der Waals surface area contributed by atoms with Gasteiger partial charge in [-0.25, -0.2) is 4.98 Å². The van der Waals surface area contributed by atoms with E-state index in [0.29, 0.717) is 42.2 Å². The van der Waals surface area contributed by atoms with Crippen molar-refractivity contribution in [3.8, 4) is 0 Å². The van der Waals surface area contributed by atoms with Gasteiger partial charge in [0.2, 0.25) is 5.91 Å². The Hall–Kier alpha value is -0.880. The number of morpholine rings is 1.